The van der Waals surface area contributed by atoms with Crippen LogP contribution < -0.4 is 10.6 Å². The van der Waals surface area contributed by atoms with Crippen molar-refractivity contribution in [1.82, 2.24) is 10.6 Å². The molecule has 2 aromatic carbocycles. The second kappa shape index (κ2) is 16.4. The first-order valence-corrected chi connectivity index (χ1v) is 24.8. The van der Waals surface area contributed by atoms with E-state index in [1.165, 1.54) is 123 Å². The zero-order chi connectivity index (χ0) is 40.3. The van der Waals surface area contributed by atoms with E-state index in [1.807, 2.05) is 0 Å². The van der Waals surface area contributed by atoms with Gasteiger partial charge in [0.2, 0.25) is 0 Å². The van der Waals surface area contributed by atoms with Crippen LogP contribution in [0, 0.1) is 53.3 Å². The quantitative estimate of drug-likeness (QED) is 0.285. The molecule has 12 rings (SSSR count). The van der Waals surface area contributed by atoms with Gasteiger partial charge in [-0.2, -0.15) is 0 Å². The molecule has 13 atom stereocenters. The molecule has 2 saturated carbocycles. The van der Waals surface area contributed by atoms with Crippen molar-refractivity contribution >= 4 is 5.70 Å². The Morgan fingerprint density at radius 2 is 1.43 bits per heavy atom. The van der Waals surface area contributed by atoms with Gasteiger partial charge < -0.3 is 10.1 Å². The van der Waals surface area contributed by atoms with E-state index in [-0.39, 0.29) is 18.3 Å². The van der Waals surface area contributed by atoms with Gasteiger partial charge in [0, 0.05) is 23.5 Å². The normalized spacial score (nSPS) is 38.6. The Morgan fingerprint density at radius 1 is 0.623 bits per heavy atom. The van der Waals surface area contributed by atoms with Gasteiger partial charge in [0.1, 0.15) is 11.9 Å². The molecule has 2 aliphatic heterocycles. The maximum Gasteiger partial charge on any atom is 0.123 e. The number of fused-ring (bicyclic) bond motifs is 8. The fourth-order valence-corrected chi connectivity index (χ4v) is 14.5. The second-order valence-electron chi connectivity index (χ2n) is 20.6. The summed E-state index contributed by atoms with van der Waals surface area (Å²) in [4.78, 5) is 0. The topological polar surface area (TPSA) is 33.3 Å². The van der Waals surface area contributed by atoms with Crippen molar-refractivity contribution in [2.24, 2.45) is 53.3 Å². The van der Waals surface area contributed by atoms with Crippen LogP contribution in [0.2, 0.25) is 0 Å². The van der Waals surface area contributed by atoms with Gasteiger partial charge in [-0.05, 0) is 170 Å². The first-order chi connectivity index (χ1) is 30.2. The first kappa shape index (κ1) is 38.3. The van der Waals surface area contributed by atoms with Crippen molar-refractivity contribution in [2.45, 2.75) is 121 Å². The second-order valence-corrected chi connectivity index (χ2v) is 20.6. The lowest BCUT2D eigenvalue weighted by molar-refractivity contribution is 0.00615. The van der Waals surface area contributed by atoms with Crippen LogP contribution in [0.3, 0.4) is 0 Å². The summed E-state index contributed by atoms with van der Waals surface area (Å²) >= 11 is 0. The summed E-state index contributed by atoms with van der Waals surface area (Å²) in [7, 11) is 0. The highest BCUT2D eigenvalue weighted by Gasteiger charge is 2.50. The molecule has 0 spiro atoms. The van der Waals surface area contributed by atoms with Crippen LogP contribution in [-0.4, -0.2) is 12.3 Å². The third-order valence-corrected chi connectivity index (χ3v) is 17.6. The van der Waals surface area contributed by atoms with E-state index >= 15 is 0 Å². The lowest BCUT2D eigenvalue weighted by Gasteiger charge is -2.54. The molecule has 0 bridgehead atoms. The zero-order valence-corrected chi connectivity index (χ0v) is 36.1. The molecule has 2 N–H and O–H groups in total. The smallest absolute Gasteiger partial charge is 0.123 e. The van der Waals surface area contributed by atoms with Crippen molar-refractivity contribution in [1.29, 1.82) is 0 Å². The molecule has 13 unspecified atom stereocenters. The average Bonchev–Trinajstić information content (AvgIpc) is 3.73. The van der Waals surface area contributed by atoms with Gasteiger partial charge in [0.25, 0.3) is 0 Å². The van der Waals surface area contributed by atoms with Gasteiger partial charge in [-0.1, -0.05) is 134 Å². The number of hydrogen-bond donors (Lipinski definition) is 2. The fourth-order valence-electron chi connectivity index (χ4n) is 14.5. The highest BCUT2D eigenvalue weighted by Crippen LogP contribution is 2.58. The lowest BCUT2D eigenvalue weighted by atomic mass is 9.50. The molecule has 8 aliphatic carbocycles. The molecule has 0 aromatic heterocycles. The largest absolute Gasteiger partial charge is 0.489 e. The van der Waals surface area contributed by atoms with Crippen LogP contribution in [0.25, 0.3) is 5.70 Å². The minimum atomic E-state index is 0.129. The van der Waals surface area contributed by atoms with Crippen LogP contribution in [0.15, 0.2) is 156 Å². The number of rotatable bonds is 6. The Morgan fingerprint density at radius 3 is 2.23 bits per heavy atom. The zero-order valence-electron chi connectivity index (χ0n) is 36.1. The number of nitrogens with one attached hydrogen (secondary N) is 2. The van der Waals surface area contributed by atoms with Crippen LogP contribution in [0.1, 0.15) is 125 Å². The average molecular weight is 807 g/mol. The van der Waals surface area contributed by atoms with Crippen molar-refractivity contribution in [2.75, 3.05) is 0 Å². The monoisotopic (exact) mass is 807 g/mol. The highest BCUT2D eigenvalue weighted by atomic mass is 16.5. The third kappa shape index (κ3) is 7.16. The molecule has 10 aliphatic rings. The summed E-state index contributed by atoms with van der Waals surface area (Å²) in [5, 5.41) is 8.05. The minimum Gasteiger partial charge on any atom is -0.489 e. The van der Waals surface area contributed by atoms with Crippen LogP contribution in [0.5, 0.6) is 0 Å². The number of hydrogen-bond acceptors (Lipinski definition) is 3. The molecule has 2 heterocycles. The van der Waals surface area contributed by atoms with E-state index in [0.29, 0.717) is 23.7 Å². The van der Waals surface area contributed by atoms with Gasteiger partial charge in [-0.15, -0.1) is 0 Å². The van der Waals surface area contributed by atoms with E-state index < -0.39 is 0 Å². The molecule has 2 aromatic rings. The molecular formula is C58H66N2O. The van der Waals surface area contributed by atoms with Crippen LogP contribution in [0.4, 0.5) is 0 Å². The number of benzene rings is 2. The predicted octanol–water partition coefficient (Wildman–Crippen LogP) is 13.5. The molecule has 3 heteroatoms. The number of ether oxygens (including phenoxy) is 1. The summed E-state index contributed by atoms with van der Waals surface area (Å²) in [5.41, 5.74) is 11.7. The summed E-state index contributed by atoms with van der Waals surface area (Å²) in [5.74, 6) is 8.51. The minimum absolute atomic E-state index is 0.129. The highest BCUT2D eigenvalue weighted by molar-refractivity contribution is 5.66. The van der Waals surface area contributed by atoms with E-state index in [9.17, 15) is 0 Å². The summed E-state index contributed by atoms with van der Waals surface area (Å²) in [6.07, 6.45) is 49.7. The Balaban J connectivity index is 0.736. The number of allylic oxidation sites excluding steroid dienone is 12. The van der Waals surface area contributed by atoms with Crippen molar-refractivity contribution in [3.8, 4) is 0 Å². The van der Waals surface area contributed by atoms with Crippen LogP contribution in [-0.2, 0) is 4.74 Å². The molecule has 0 saturated heterocycles. The first-order valence-electron chi connectivity index (χ1n) is 24.8. The van der Waals surface area contributed by atoms with Gasteiger partial charge in [0.05, 0.1) is 12.2 Å². The molecule has 2 fully saturated rings. The van der Waals surface area contributed by atoms with Crippen molar-refractivity contribution in [3.63, 3.8) is 0 Å². The van der Waals surface area contributed by atoms with E-state index in [2.05, 4.69) is 138 Å². The Bertz CT molecular complexity index is 2260. The Hall–Kier alpha value is -4.34. The maximum absolute atomic E-state index is 6.67. The lowest BCUT2D eigenvalue weighted by Crippen LogP contribution is -2.48. The van der Waals surface area contributed by atoms with Gasteiger partial charge in [0.15, 0.2) is 0 Å². The predicted molar refractivity (Wildman–Crippen MR) is 250 cm³/mol. The van der Waals surface area contributed by atoms with E-state index in [4.69, 9.17) is 4.74 Å². The van der Waals surface area contributed by atoms with Crippen LogP contribution >= 0.6 is 0 Å². The summed E-state index contributed by atoms with van der Waals surface area (Å²) < 4.78 is 6.67. The van der Waals surface area contributed by atoms with Gasteiger partial charge in [-0.25, -0.2) is 0 Å². The standard InChI is InChI=1S/C58H66N2O/c1-2-11-41(12-3-1)54-36-55(42-29-23-38(24-30-42)37-21-27-40(28-22-37)45-18-10-19-52-51-17-8-9-20-56(51)61-57(45)52)60-58(59-54)43-31-25-39(26-32-43)44-33-34-50-48-15-5-4-13-46(48)47-14-6-7-16-49(47)53(50)35-44/h1-5,9,11-13,15,20-21,23-24,27-31,35-37,39,45-51,53,55-56,58-60H,6-8,10,14,16-19,22,25-26,32-34H2. The molecule has 0 amide bonds. The third-order valence-electron chi connectivity index (χ3n) is 17.6. The van der Waals surface area contributed by atoms with Crippen molar-refractivity contribution in [3.05, 3.63) is 172 Å². The molecule has 0 radical (unpaired) electrons. The van der Waals surface area contributed by atoms with Crippen molar-refractivity contribution < 1.29 is 4.74 Å². The Labute approximate surface area is 365 Å². The van der Waals surface area contributed by atoms with E-state index in [0.717, 1.165) is 48.3 Å². The van der Waals surface area contributed by atoms with Gasteiger partial charge >= 0.3 is 0 Å². The molecule has 3 nitrogen and oxygen atoms in total. The molecule has 314 valence electrons. The van der Waals surface area contributed by atoms with E-state index in [1.54, 1.807) is 11.1 Å². The molecule has 61 heavy (non-hydrogen) atoms. The van der Waals surface area contributed by atoms with Gasteiger partial charge in [-0.3, -0.25) is 5.32 Å². The Kier molecular flexibility index (Phi) is 10.3. The summed E-state index contributed by atoms with van der Waals surface area (Å²) in [6.45, 7) is 0. The molecular weight excluding hydrogens is 741 g/mol. The fraction of sp³-hybridized carbons (Fsp3) is 0.483. The maximum atomic E-state index is 6.67. The SMILES string of the molecule is C1=CC2C(C=C1)C1CCCCC1C1C=C(C3CC=C(C4NC(c5ccccc5)=CC(c5ccc(C6C=CC(C7CCCC8=C7OC7C=CCCC87)=CC6)cc5)N4)CC3)CCC21. The summed E-state index contributed by atoms with van der Waals surface area (Å²) in [6, 6.07) is 20.7.